The third-order valence-corrected chi connectivity index (χ3v) is 5.55. The number of halogens is 1. The number of likely N-dealkylation sites (N-methyl/N-ethyl adjacent to an activating group) is 1. The van der Waals surface area contributed by atoms with E-state index in [0.29, 0.717) is 11.8 Å². The number of methoxy groups -OCH3 is 1. The van der Waals surface area contributed by atoms with E-state index in [9.17, 15) is 0 Å². The van der Waals surface area contributed by atoms with Gasteiger partial charge in [-0.15, -0.1) is 23.7 Å². The molecule has 1 aliphatic carbocycles. The number of rotatable bonds is 6. The minimum absolute atomic E-state index is 0. The summed E-state index contributed by atoms with van der Waals surface area (Å²) >= 11 is 1.88. The molecule has 0 bridgehead atoms. The lowest BCUT2D eigenvalue weighted by molar-refractivity contribution is 0.413. The third-order valence-electron chi connectivity index (χ3n) is 4.52. The Balaban J connectivity index is 0.00000176. The highest BCUT2D eigenvalue weighted by Gasteiger charge is 2.26. The first-order valence-electron chi connectivity index (χ1n) is 7.66. The fourth-order valence-corrected chi connectivity index (χ4v) is 4.29. The Morgan fingerprint density at radius 1 is 1.36 bits per heavy atom. The molecular formula is C18H24ClNOS. The lowest BCUT2D eigenvalue weighted by Gasteiger charge is -2.20. The maximum absolute atomic E-state index is 5.40. The maximum Gasteiger partial charge on any atom is 0.119 e. The van der Waals surface area contributed by atoms with Gasteiger partial charge in [-0.2, -0.15) is 0 Å². The van der Waals surface area contributed by atoms with E-state index in [1.165, 1.54) is 35.3 Å². The molecule has 2 aromatic rings. The first-order valence-corrected chi connectivity index (χ1v) is 8.54. The number of fused-ring (bicyclic) bond motifs is 1. The molecule has 0 aliphatic heterocycles. The summed E-state index contributed by atoms with van der Waals surface area (Å²) < 4.78 is 5.40. The molecule has 22 heavy (non-hydrogen) atoms. The van der Waals surface area contributed by atoms with Crippen LogP contribution >= 0.6 is 23.7 Å². The summed E-state index contributed by atoms with van der Waals surface area (Å²) in [5.74, 6) is 2.26. The van der Waals surface area contributed by atoms with Crippen LogP contribution in [0, 0.1) is 0 Å². The molecular weight excluding hydrogens is 314 g/mol. The Morgan fingerprint density at radius 2 is 2.23 bits per heavy atom. The van der Waals surface area contributed by atoms with Gasteiger partial charge in [-0.25, -0.2) is 0 Å². The summed E-state index contributed by atoms with van der Waals surface area (Å²) in [6.07, 6.45) is 3.70. The van der Waals surface area contributed by atoms with E-state index < -0.39 is 0 Å². The number of hydrogen-bond acceptors (Lipinski definition) is 3. The third kappa shape index (κ3) is 3.65. The van der Waals surface area contributed by atoms with Gasteiger partial charge in [-0.05, 0) is 66.9 Å². The van der Waals surface area contributed by atoms with Crippen LogP contribution in [0.1, 0.15) is 40.7 Å². The summed E-state index contributed by atoms with van der Waals surface area (Å²) in [6, 6.07) is 11.0. The van der Waals surface area contributed by atoms with Crippen LogP contribution in [0.2, 0.25) is 0 Å². The van der Waals surface area contributed by atoms with Crippen molar-refractivity contribution >= 4 is 23.7 Å². The number of ether oxygens (including phenoxy) is 1. The first kappa shape index (κ1) is 17.3. The van der Waals surface area contributed by atoms with Crippen molar-refractivity contribution in [1.82, 2.24) is 5.32 Å². The summed E-state index contributed by atoms with van der Waals surface area (Å²) in [5, 5.41) is 5.54. The number of hydrogen-bond donors (Lipinski definition) is 1. The van der Waals surface area contributed by atoms with Crippen molar-refractivity contribution < 1.29 is 4.74 Å². The normalized spacial score (nSPS) is 17.6. The molecule has 0 saturated heterocycles. The Hall–Kier alpha value is -1.03. The SMILES string of the molecule is CNCC(CC1CCc2ccc(OC)cc21)c1cccs1.Cl. The van der Waals surface area contributed by atoms with Crippen LogP contribution < -0.4 is 10.1 Å². The van der Waals surface area contributed by atoms with Crippen LogP contribution in [-0.2, 0) is 6.42 Å². The Bertz CT molecular complexity index is 585. The van der Waals surface area contributed by atoms with Gasteiger partial charge >= 0.3 is 0 Å². The lowest BCUT2D eigenvalue weighted by Crippen LogP contribution is -2.18. The highest BCUT2D eigenvalue weighted by molar-refractivity contribution is 7.10. The molecule has 0 saturated carbocycles. The lowest BCUT2D eigenvalue weighted by atomic mass is 9.89. The van der Waals surface area contributed by atoms with Crippen molar-refractivity contribution in [2.24, 2.45) is 0 Å². The molecule has 2 nitrogen and oxygen atoms in total. The van der Waals surface area contributed by atoms with Crippen LogP contribution in [0.15, 0.2) is 35.7 Å². The molecule has 2 atom stereocenters. The fraction of sp³-hybridized carbons (Fsp3) is 0.444. The molecule has 0 spiro atoms. The van der Waals surface area contributed by atoms with Gasteiger partial charge in [-0.1, -0.05) is 12.1 Å². The van der Waals surface area contributed by atoms with E-state index in [4.69, 9.17) is 4.74 Å². The second-order valence-corrected chi connectivity index (χ2v) is 6.79. The average molecular weight is 338 g/mol. The molecule has 0 radical (unpaired) electrons. The largest absolute Gasteiger partial charge is 0.497 e. The van der Waals surface area contributed by atoms with Crippen molar-refractivity contribution in [3.63, 3.8) is 0 Å². The molecule has 1 aromatic carbocycles. The molecule has 2 unspecified atom stereocenters. The van der Waals surface area contributed by atoms with Crippen molar-refractivity contribution in [3.8, 4) is 5.75 Å². The number of nitrogens with one attached hydrogen (secondary N) is 1. The van der Waals surface area contributed by atoms with E-state index in [0.717, 1.165) is 12.3 Å². The zero-order chi connectivity index (χ0) is 14.7. The van der Waals surface area contributed by atoms with Gasteiger partial charge in [0.15, 0.2) is 0 Å². The van der Waals surface area contributed by atoms with Crippen molar-refractivity contribution in [3.05, 3.63) is 51.7 Å². The summed E-state index contributed by atoms with van der Waals surface area (Å²) in [5.41, 5.74) is 3.02. The highest BCUT2D eigenvalue weighted by atomic mass is 35.5. The van der Waals surface area contributed by atoms with Crippen LogP contribution in [0.4, 0.5) is 0 Å². The molecule has 3 rings (SSSR count). The molecule has 0 fully saturated rings. The van der Waals surface area contributed by atoms with Crippen LogP contribution in [-0.4, -0.2) is 20.7 Å². The number of thiophene rings is 1. The number of aryl methyl sites for hydroxylation is 1. The summed E-state index contributed by atoms with van der Waals surface area (Å²) in [4.78, 5) is 1.50. The van der Waals surface area contributed by atoms with Crippen molar-refractivity contribution in [2.45, 2.75) is 31.1 Å². The van der Waals surface area contributed by atoms with Gasteiger partial charge in [0, 0.05) is 17.3 Å². The molecule has 1 N–H and O–H groups in total. The van der Waals surface area contributed by atoms with Crippen molar-refractivity contribution in [1.29, 1.82) is 0 Å². The van der Waals surface area contributed by atoms with Gasteiger partial charge in [0.1, 0.15) is 5.75 Å². The Kier molecular flexibility index (Phi) is 6.30. The zero-order valence-corrected chi connectivity index (χ0v) is 14.8. The topological polar surface area (TPSA) is 21.3 Å². The molecule has 1 aliphatic rings. The molecule has 1 aromatic heterocycles. The molecule has 1 heterocycles. The van der Waals surface area contributed by atoms with Gasteiger partial charge in [0.25, 0.3) is 0 Å². The summed E-state index contributed by atoms with van der Waals surface area (Å²) in [7, 11) is 3.80. The second-order valence-electron chi connectivity index (χ2n) is 5.81. The van der Waals surface area contributed by atoms with E-state index in [1.54, 1.807) is 7.11 Å². The average Bonchev–Trinajstić information content (AvgIpc) is 3.16. The minimum Gasteiger partial charge on any atom is -0.497 e. The maximum atomic E-state index is 5.40. The fourth-order valence-electron chi connectivity index (χ4n) is 3.45. The van der Waals surface area contributed by atoms with E-state index >= 15 is 0 Å². The monoisotopic (exact) mass is 337 g/mol. The van der Waals surface area contributed by atoms with Gasteiger partial charge < -0.3 is 10.1 Å². The number of benzene rings is 1. The highest BCUT2D eigenvalue weighted by Crippen LogP contribution is 2.41. The van der Waals surface area contributed by atoms with Crippen LogP contribution in [0.3, 0.4) is 0 Å². The van der Waals surface area contributed by atoms with E-state index in [2.05, 4.69) is 41.0 Å². The smallest absolute Gasteiger partial charge is 0.119 e. The minimum atomic E-state index is 0. The summed E-state index contributed by atoms with van der Waals surface area (Å²) in [6.45, 7) is 1.05. The standard InChI is InChI=1S/C18H23NOS.ClH/c1-19-12-15(18-4-3-9-21-18)10-14-6-5-13-7-8-16(20-2)11-17(13)14;/h3-4,7-9,11,14-15,19H,5-6,10,12H2,1-2H3;1H. The van der Waals surface area contributed by atoms with Crippen molar-refractivity contribution in [2.75, 3.05) is 20.7 Å². The van der Waals surface area contributed by atoms with E-state index in [1.807, 2.05) is 18.4 Å². The Morgan fingerprint density at radius 3 is 2.91 bits per heavy atom. The quantitative estimate of drug-likeness (QED) is 0.831. The van der Waals surface area contributed by atoms with Crippen LogP contribution in [0.5, 0.6) is 5.75 Å². The molecule has 120 valence electrons. The predicted molar refractivity (Wildman–Crippen MR) is 96.9 cm³/mol. The molecule has 4 heteroatoms. The van der Waals surface area contributed by atoms with E-state index in [-0.39, 0.29) is 12.4 Å². The predicted octanol–water partition coefficient (Wildman–Crippen LogP) is 4.60. The molecule has 0 amide bonds. The Labute approximate surface area is 143 Å². The van der Waals surface area contributed by atoms with Crippen LogP contribution in [0.25, 0.3) is 0 Å². The van der Waals surface area contributed by atoms with Gasteiger partial charge in [0.2, 0.25) is 0 Å². The first-order chi connectivity index (χ1) is 10.3. The van der Waals surface area contributed by atoms with Gasteiger partial charge in [-0.3, -0.25) is 0 Å². The van der Waals surface area contributed by atoms with Gasteiger partial charge in [0.05, 0.1) is 7.11 Å². The zero-order valence-electron chi connectivity index (χ0n) is 13.2. The second kappa shape index (κ2) is 8.00.